The number of hydrogen-bond donors (Lipinski definition) is 0. The van der Waals surface area contributed by atoms with E-state index in [0.29, 0.717) is 19.0 Å². The first kappa shape index (κ1) is 31.0. The largest absolute Gasteiger partial charge is 0 e. The SMILES string of the molecule is CCOP(=O)(OCC)OC1=CCC(C)(C)C=C1.[C-]#[O+].[C-]#[O+].[C-]#[O+].[Fe]. The first-order valence-corrected chi connectivity index (χ1v) is 7.96. The van der Waals surface area contributed by atoms with Crippen LogP contribution in [0.15, 0.2) is 24.0 Å². The van der Waals surface area contributed by atoms with E-state index in [2.05, 4.69) is 33.8 Å². The Morgan fingerprint density at radius 2 is 1.50 bits per heavy atom. The Bertz CT molecular complexity index is 454. The Kier molecular flexibility index (Phi) is 23.9. The van der Waals surface area contributed by atoms with Crippen LogP contribution in [0.4, 0.5) is 0 Å². The number of phosphoric ester groups is 1. The molecule has 0 aromatic carbocycles. The van der Waals surface area contributed by atoms with Gasteiger partial charge in [-0.2, -0.15) is 0 Å². The van der Waals surface area contributed by atoms with Crippen LogP contribution in [0.3, 0.4) is 0 Å². The van der Waals surface area contributed by atoms with Crippen molar-refractivity contribution in [2.75, 3.05) is 13.2 Å². The summed E-state index contributed by atoms with van der Waals surface area (Å²) in [5, 5.41) is 0. The summed E-state index contributed by atoms with van der Waals surface area (Å²) in [6.07, 6.45) is 6.60. The third kappa shape index (κ3) is 14.7. The van der Waals surface area contributed by atoms with Crippen LogP contribution in [-0.4, -0.2) is 13.2 Å². The van der Waals surface area contributed by atoms with E-state index in [1.807, 2.05) is 18.2 Å². The smallest absolute Gasteiger partial charge is 0 e. The molecular formula is C15H21FeO7P. The van der Waals surface area contributed by atoms with Gasteiger partial charge in [0, 0.05) is 17.1 Å². The van der Waals surface area contributed by atoms with Gasteiger partial charge in [0.15, 0.2) is 0 Å². The predicted octanol–water partition coefficient (Wildman–Crippen LogP) is 3.94. The van der Waals surface area contributed by atoms with Gasteiger partial charge < -0.3 is 4.52 Å². The van der Waals surface area contributed by atoms with E-state index in [0.717, 1.165) is 6.42 Å². The molecule has 0 unspecified atom stereocenters. The first-order valence-electron chi connectivity index (χ1n) is 6.50. The van der Waals surface area contributed by atoms with Crippen molar-refractivity contribution in [2.45, 2.75) is 34.1 Å². The van der Waals surface area contributed by atoms with E-state index in [9.17, 15) is 4.57 Å². The van der Waals surface area contributed by atoms with Crippen molar-refractivity contribution in [1.82, 2.24) is 0 Å². The van der Waals surface area contributed by atoms with Gasteiger partial charge in [0.1, 0.15) is 5.76 Å². The molecule has 1 aliphatic carbocycles. The Balaban J connectivity index is -0.000000256. The van der Waals surface area contributed by atoms with E-state index in [1.54, 1.807) is 13.8 Å². The molecule has 0 bridgehead atoms. The monoisotopic (exact) mass is 400 g/mol. The van der Waals surface area contributed by atoms with Crippen LogP contribution < -0.4 is 0 Å². The maximum atomic E-state index is 12.1. The molecule has 0 saturated heterocycles. The zero-order valence-corrected chi connectivity index (χ0v) is 16.0. The second-order valence-corrected chi connectivity index (χ2v) is 6.10. The van der Waals surface area contributed by atoms with Crippen LogP contribution in [0, 0.1) is 25.4 Å². The normalized spacial score (nSPS) is 13.7. The van der Waals surface area contributed by atoms with Crippen LogP contribution >= 0.6 is 7.82 Å². The van der Waals surface area contributed by atoms with Gasteiger partial charge in [-0.25, -0.2) is 4.57 Å². The summed E-state index contributed by atoms with van der Waals surface area (Å²) in [5.74, 6) is 0.551. The molecule has 0 aliphatic heterocycles. The fourth-order valence-electron chi connectivity index (χ4n) is 1.41. The van der Waals surface area contributed by atoms with Crippen LogP contribution in [0.5, 0.6) is 0 Å². The minimum atomic E-state index is -3.45. The Morgan fingerprint density at radius 1 is 1.08 bits per heavy atom. The van der Waals surface area contributed by atoms with Crippen molar-refractivity contribution in [3.05, 3.63) is 43.9 Å². The molecule has 1 aliphatic rings. The van der Waals surface area contributed by atoms with Gasteiger partial charge >= 0.3 is 41.7 Å². The third-order valence-corrected chi connectivity index (χ3v) is 3.90. The molecular weight excluding hydrogens is 379 g/mol. The molecule has 136 valence electrons. The van der Waals surface area contributed by atoms with Crippen molar-refractivity contribution >= 4 is 7.82 Å². The molecule has 0 radical (unpaired) electrons. The summed E-state index contributed by atoms with van der Waals surface area (Å²) >= 11 is 0. The van der Waals surface area contributed by atoms with E-state index in [4.69, 9.17) is 27.5 Å². The molecule has 0 N–H and O–H groups in total. The maximum absolute atomic E-state index is 12.1. The number of rotatable bonds is 6. The minimum Gasteiger partial charge on any atom is 0 e. The van der Waals surface area contributed by atoms with Crippen molar-refractivity contribution in [3.63, 3.8) is 0 Å². The van der Waals surface area contributed by atoms with Gasteiger partial charge in [0.05, 0.1) is 13.2 Å². The van der Waals surface area contributed by atoms with E-state index in [-0.39, 0.29) is 22.5 Å². The molecule has 7 nitrogen and oxygen atoms in total. The first-order chi connectivity index (χ1) is 10.9. The van der Waals surface area contributed by atoms with E-state index in [1.165, 1.54) is 0 Å². The summed E-state index contributed by atoms with van der Waals surface area (Å²) in [7, 11) is -3.45. The molecule has 1 rings (SSSR count). The van der Waals surface area contributed by atoms with Crippen molar-refractivity contribution in [3.8, 4) is 0 Å². The number of phosphoric acid groups is 1. The third-order valence-electron chi connectivity index (χ3n) is 2.32. The van der Waals surface area contributed by atoms with E-state index >= 15 is 0 Å². The zero-order valence-electron chi connectivity index (χ0n) is 14.0. The standard InChI is InChI=1S/C12H21O4P.3CO.Fe/c1-5-14-17(13,15-6-2)16-11-7-9-12(3,4)10-8-11;3*1-2;/h7-9H,5-6,10H2,1-4H3;;;;. The van der Waals surface area contributed by atoms with E-state index < -0.39 is 7.82 Å². The molecule has 0 aromatic heterocycles. The molecule has 0 fully saturated rings. The molecule has 9 heteroatoms. The van der Waals surface area contributed by atoms with Crippen LogP contribution in [0.2, 0.25) is 0 Å². The van der Waals surface area contributed by atoms with Crippen LogP contribution in [0.25, 0.3) is 0 Å². The van der Waals surface area contributed by atoms with Crippen molar-refractivity contribution in [1.29, 1.82) is 0 Å². The van der Waals surface area contributed by atoms with Crippen molar-refractivity contribution < 1.29 is 49.2 Å². The van der Waals surface area contributed by atoms with Gasteiger partial charge in [-0.05, 0) is 37.8 Å². The molecule has 0 amide bonds. The Morgan fingerprint density at radius 3 is 1.79 bits per heavy atom. The number of allylic oxidation sites excluding steroid dienone is 3. The summed E-state index contributed by atoms with van der Waals surface area (Å²) in [5.41, 5.74) is 0.119. The molecule has 0 heterocycles. The van der Waals surface area contributed by atoms with Crippen LogP contribution in [0.1, 0.15) is 34.1 Å². The summed E-state index contributed by atoms with van der Waals surface area (Å²) < 4.78 is 50.1. The second-order valence-electron chi connectivity index (χ2n) is 4.51. The van der Waals surface area contributed by atoms with Gasteiger partial charge in [0.2, 0.25) is 0 Å². The Labute approximate surface area is 154 Å². The topological polar surface area (TPSA) is 104 Å². The average Bonchev–Trinajstić information content (AvgIpc) is 2.56. The predicted molar refractivity (Wildman–Crippen MR) is 79.4 cm³/mol. The minimum absolute atomic E-state index is 0. The summed E-state index contributed by atoms with van der Waals surface area (Å²) in [6, 6.07) is 0. The van der Waals surface area contributed by atoms with Gasteiger partial charge in [-0.15, -0.1) is 0 Å². The van der Waals surface area contributed by atoms with Gasteiger partial charge in [-0.1, -0.05) is 19.9 Å². The quantitative estimate of drug-likeness (QED) is 0.292. The molecule has 0 aromatic rings. The average molecular weight is 400 g/mol. The van der Waals surface area contributed by atoms with Gasteiger partial charge in [0.25, 0.3) is 0 Å². The van der Waals surface area contributed by atoms with Gasteiger partial charge in [-0.3, -0.25) is 9.05 Å². The summed E-state index contributed by atoms with van der Waals surface area (Å²) in [6.45, 7) is 21.8. The maximum Gasteiger partial charge on any atom is 0 e. The second kappa shape index (κ2) is 18.5. The zero-order chi connectivity index (χ0) is 18.9. The molecule has 24 heavy (non-hydrogen) atoms. The molecule has 0 spiro atoms. The summed E-state index contributed by atoms with van der Waals surface area (Å²) in [4.78, 5) is 0. The van der Waals surface area contributed by atoms with Crippen molar-refractivity contribution in [2.24, 2.45) is 5.41 Å². The Hall–Kier alpha value is -0.831. The number of hydrogen-bond acceptors (Lipinski definition) is 4. The fraction of sp³-hybridized carbons (Fsp3) is 0.533. The van der Waals surface area contributed by atoms with Crippen LogP contribution in [-0.2, 0) is 49.2 Å². The fourth-order valence-corrected chi connectivity index (χ4v) is 2.62. The molecule has 0 atom stereocenters. The molecule has 0 saturated carbocycles.